The van der Waals surface area contributed by atoms with Gasteiger partial charge in [-0.05, 0) is 25.0 Å². The molecule has 0 aliphatic rings. The summed E-state index contributed by atoms with van der Waals surface area (Å²) in [6, 6.07) is 4.80. The number of aromatic nitrogens is 2. The highest BCUT2D eigenvalue weighted by atomic mass is 19.1. The lowest BCUT2D eigenvalue weighted by Crippen LogP contribution is -2.14. The fraction of sp³-hybridized carbons (Fsp3) is 0.357. The van der Waals surface area contributed by atoms with Crippen molar-refractivity contribution in [1.29, 1.82) is 0 Å². The summed E-state index contributed by atoms with van der Waals surface area (Å²) in [7, 11) is 3.29. The summed E-state index contributed by atoms with van der Waals surface area (Å²) in [6.45, 7) is 1.90. The molecule has 0 saturated carbocycles. The van der Waals surface area contributed by atoms with Gasteiger partial charge in [0.05, 0.1) is 12.8 Å². The number of methoxy groups -OCH3 is 1. The third kappa shape index (κ3) is 2.76. The Kier molecular flexibility index (Phi) is 3.85. The fourth-order valence-corrected chi connectivity index (χ4v) is 2.20. The second-order valence-corrected chi connectivity index (χ2v) is 4.59. The average Bonchev–Trinajstić information content (AvgIpc) is 2.71. The number of benzene rings is 1. The van der Waals surface area contributed by atoms with Gasteiger partial charge in [-0.3, -0.25) is 4.68 Å². The molecule has 102 valence electrons. The number of nitrogens with zero attached hydrogens (tertiary/aromatic N) is 2. The lowest BCUT2D eigenvalue weighted by molar-refractivity contribution is 0.383. The SMILES string of the molecule is COc1cccc(CC(N)c2cn(C)nc2C)c1F. The van der Waals surface area contributed by atoms with Gasteiger partial charge in [-0.1, -0.05) is 12.1 Å². The van der Waals surface area contributed by atoms with Crippen LogP contribution in [0.2, 0.25) is 0 Å². The molecule has 0 aliphatic carbocycles. The van der Waals surface area contributed by atoms with E-state index in [0.29, 0.717) is 12.0 Å². The van der Waals surface area contributed by atoms with E-state index in [0.717, 1.165) is 11.3 Å². The monoisotopic (exact) mass is 263 g/mol. The fourth-order valence-electron chi connectivity index (χ4n) is 2.20. The Bertz CT molecular complexity index is 580. The van der Waals surface area contributed by atoms with Gasteiger partial charge in [0.2, 0.25) is 0 Å². The summed E-state index contributed by atoms with van der Waals surface area (Å²) in [4.78, 5) is 0. The number of rotatable bonds is 4. The Balaban J connectivity index is 2.24. The first-order valence-corrected chi connectivity index (χ1v) is 6.10. The minimum absolute atomic E-state index is 0.243. The van der Waals surface area contributed by atoms with Crippen LogP contribution in [0.3, 0.4) is 0 Å². The molecule has 2 rings (SSSR count). The van der Waals surface area contributed by atoms with Crippen LogP contribution in [-0.4, -0.2) is 16.9 Å². The van der Waals surface area contributed by atoms with Crippen LogP contribution in [0.15, 0.2) is 24.4 Å². The summed E-state index contributed by atoms with van der Waals surface area (Å²) in [6.07, 6.45) is 2.29. The summed E-state index contributed by atoms with van der Waals surface area (Å²) in [5.41, 5.74) is 8.50. The zero-order valence-corrected chi connectivity index (χ0v) is 11.4. The van der Waals surface area contributed by atoms with Gasteiger partial charge >= 0.3 is 0 Å². The maximum atomic E-state index is 14.1. The van der Waals surface area contributed by atoms with Crippen LogP contribution in [0, 0.1) is 12.7 Å². The molecule has 0 aliphatic heterocycles. The highest BCUT2D eigenvalue weighted by Crippen LogP contribution is 2.25. The van der Waals surface area contributed by atoms with E-state index < -0.39 is 0 Å². The zero-order valence-electron chi connectivity index (χ0n) is 11.4. The molecule has 1 aromatic heterocycles. The highest BCUT2D eigenvalue weighted by Gasteiger charge is 2.16. The number of halogens is 1. The third-order valence-electron chi connectivity index (χ3n) is 3.15. The van der Waals surface area contributed by atoms with Crippen molar-refractivity contribution in [2.24, 2.45) is 12.8 Å². The summed E-state index contributed by atoms with van der Waals surface area (Å²) >= 11 is 0. The molecule has 1 unspecified atom stereocenters. The van der Waals surface area contributed by atoms with Crippen molar-refractivity contribution in [2.75, 3.05) is 7.11 Å². The molecule has 0 amide bonds. The van der Waals surface area contributed by atoms with Gasteiger partial charge < -0.3 is 10.5 Å². The molecule has 5 heteroatoms. The smallest absolute Gasteiger partial charge is 0.168 e. The molecule has 1 aromatic carbocycles. The van der Waals surface area contributed by atoms with Gasteiger partial charge in [-0.15, -0.1) is 0 Å². The predicted octanol–water partition coefficient (Wildman–Crippen LogP) is 2.12. The van der Waals surface area contributed by atoms with Crippen LogP contribution in [-0.2, 0) is 13.5 Å². The van der Waals surface area contributed by atoms with Crippen LogP contribution in [0.4, 0.5) is 4.39 Å². The third-order valence-corrected chi connectivity index (χ3v) is 3.15. The van der Waals surface area contributed by atoms with Crippen LogP contribution >= 0.6 is 0 Å². The van der Waals surface area contributed by atoms with E-state index in [1.165, 1.54) is 7.11 Å². The van der Waals surface area contributed by atoms with E-state index in [1.807, 2.05) is 20.2 Å². The van der Waals surface area contributed by atoms with Crippen molar-refractivity contribution in [3.63, 3.8) is 0 Å². The quantitative estimate of drug-likeness (QED) is 0.919. The Morgan fingerprint density at radius 2 is 2.21 bits per heavy atom. The van der Waals surface area contributed by atoms with Crippen molar-refractivity contribution in [2.45, 2.75) is 19.4 Å². The van der Waals surface area contributed by atoms with Crippen molar-refractivity contribution in [1.82, 2.24) is 9.78 Å². The topological polar surface area (TPSA) is 53.1 Å². The number of hydrogen-bond acceptors (Lipinski definition) is 3. The van der Waals surface area contributed by atoms with E-state index in [1.54, 1.807) is 22.9 Å². The maximum Gasteiger partial charge on any atom is 0.168 e. The van der Waals surface area contributed by atoms with Gasteiger partial charge in [-0.25, -0.2) is 4.39 Å². The Morgan fingerprint density at radius 1 is 1.47 bits per heavy atom. The van der Waals surface area contributed by atoms with Crippen LogP contribution in [0.5, 0.6) is 5.75 Å². The highest BCUT2D eigenvalue weighted by molar-refractivity contribution is 5.33. The Hall–Kier alpha value is -1.88. The zero-order chi connectivity index (χ0) is 14.0. The van der Waals surface area contributed by atoms with Gasteiger partial charge in [0.1, 0.15) is 0 Å². The van der Waals surface area contributed by atoms with Crippen molar-refractivity contribution >= 4 is 0 Å². The molecule has 0 radical (unpaired) electrons. The number of ether oxygens (including phenoxy) is 1. The van der Waals surface area contributed by atoms with Gasteiger partial charge in [0, 0.05) is 24.8 Å². The van der Waals surface area contributed by atoms with E-state index in [-0.39, 0.29) is 17.6 Å². The number of hydrogen-bond donors (Lipinski definition) is 1. The molecular formula is C14H18FN3O. The molecule has 0 saturated heterocycles. The average molecular weight is 263 g/mol. The Labute approximate surface area is 112 Å². The minimum atomic E-state index is -0.345. The molecular weight excluding hydrogens is 245 g/mol. The molecule has 19 heavy (non-hydrogen) atoms. The maximum absolute atomic E-state index is 14.1. The lowest BCUT2D eigenvalue weighted by atomic mass is 10.00. The van der Waals surface area contributed by atoms with Gasteiger partial charge in [-0.2, -0.15) is 5.10 Å². The summed E-state index contributed by atoms with van der Waals surface area (Å²) in [5, 5.41) is 4.25. The predicted molar refractivity (Wildman–Crippen MR) is 71.5 cm³/mol. The van der Waals surface area contributed by atoms with Gasteiger partial charge in [0.25, 0.3) is 0 Å². The first kappa shape index (κ1) is 13.5. The molecule has 0 fully saturated rings. The normalized spacial score (nSPS) is 12.5. The minimum Gasteiger partial charge on any atom is -0.494 e. The van der Waals surface area contributed by atoms with Crippen LogP contribution in [0.1, 0.15) is 22.9 Å². The summed E-state index contributed by atoms with van der Waals surface area (Å²) < 4.78 is 20.7. The molecule has 4 nitrogen and oxygen atoms in total. The van der Waals surface area contributed by atoms with Crippen molar-refractivity contribution < 1.29 is 9.13 Å². The van der Waals surface area contributed by atoms with E-state index in [2.05, 4.69) is 5.10 Å². The van der Waals surface area contributed by atoms with Crippen LogP contribution < -0.4 is 10.5 Å². The number of nitrogens with two attached hydrogens (primary N) is 1. The van der Waals surface area contributed by atoms with E-state index in [9.17, 15) is 4.39 Å². The van der Waals surface area contributed by atoms with E-state index in [4.69, 9.17) is 10.5 Å². The van der Waals surface area contributed by atoms with Crippen LogP contribution in [0.25, 0.3) is 0 Å². The molecule has 2 N–H and O–H groups in total. The first-order valence-electron chi connectivity index (χ1n) is 6.10. The summed E-state index contributed by atoms with van der Waals surface area (Å²) in [5.74, 6) is -0.102. The van der Waals surface area contributed by atoms with Gasteiger partial charge in [0.15, 0.2) is 11.6 Å². The number of aryl methyl sites for hydroxylation is 2. The van der Waals surface area contributed by atoms with Crippen molar-refractivity contribution in [3.05, 3.63) is 47.0 Å². The molecule has 1 heterocycles. The second-order valence-electron chi connectivity index (χ2n) is 4.59. The first-order chi connectivity index (χ1) is 9.02. The standard InChI is InChI=1S/C14H18FN3O/c1-9-11(8-18(2)17-9)12(16)7-10-5-4-6-13(19-3)14(10)15/h4-6,8,12H,7,16H2,1-3H3. The molecule has 2 aromatic rings. The lowest BCUT2D eigenvalue weighted by Gasteiger charge is -2.13. The largest absolute Gasteiger partial charge is 0.494 e. The molecule has 1 atom stereocenters. The Morgan fingerprint density at radius 3 is 2.79 bits per heavy atom. The van der Waals surface area contributed by atoms with Crippen molar-refractivity contribution in [3.8, 4) is 5.75 Å². The molecule has 0 spiro atoms. The van der Waals surface area contributed by atoms with E-state index >= 15 is 0 Å². The second kappa shape index (κ2) is 5.40. The molecule has 0 bridgehead atoms.